The molecule has 18 heavy (non-hydrogen) atoms. The van der Waals surface area contributed by atoms with Gasteiger partial charge < -0.3 is 10.0 Å². The molecule has 4 heteroatoms. The van der Waals surface area contributed by atoms with Gasteiger partial charge in [0.15, 0.2) is 0 Å². The van der Waals surface area contributed by atoms with Gasteiger partial charge >= 0.3 is 0 Å². The Morgan fingerprint density at radius 1 is 1.39 bits per heavy atom. The number of anilines is 1. The van der Waals surface area contributed by atoms with Gasteiger partial charge in [-0.05, 0) is 36.1 Å². The number of hydrogen-bond acceptors (Lipinski definition) is 3. The average molecular weight is 326 g/mol. The van der Waals surface area contributed by atoms with Crippen molar-refractivity contribution in [3.63, 3.8) is 0 Å². The van der Waals surface area contributed by atoms with Gasteiger partial charge in [-0.3, -0.25) is 0 Å². The molecule has 2 aromatic rings. The first kappa shape index (κ1) is 13.6. The molecule has 0 spiro atoms. The second-order valence-electron chi connectivity index (χ2n) is 4.24. The quantitative estimate of drug-likeness (QED) is 0.910. The Hall–Kier alpha value is -0.840. The lowest BCUT2D eigenvalue weighted by Gasteiger charge is -2.26. The van der Waals surface area contributed by atoms with Crippen LogP contribution in [0.2, 0.25) is 0 Å². The molecule has 2 nitrogen and oxygen atoms in total. The van der Waals surface area contributed by atoms with Crippen molar-refractivity contribution in [3.8, 4) is 0 Å². The molecule has 0 aliphatic heterocycles. The summed E-state index contributed by atoms with van der Waals surface area (Å²) in [6, 6.07) is 10.6. The number of nitrogens with zero attached hydrogens (tertiary/aromatic N) is 1. The van der Waals surface area contributed by atoms with Crippen LogP contribution in [0.15, 0.2) is 40.2 Å². The van der Waals surface area contributed by atoms with Gasteiger partial charge in [0.25, 0.3) is 0 Å². The van der Waals surface area contributed by atoms with Crippen LogP contribution < -0.4 is 4.90 Å². The third-order valence-corrected chi connectivity index (χ3v) is 4.93. The van der Waals surface area contributed by atoms with Crippen LogP contribution in [0.5, 0.6) is 0 Å². The molecular formula is C14H16BrNOS. The summed E-state index contributed by atoms with van der Waals surface area (Å²) in [4.78, 5) is 3.58. The highest BCUT2D eigenvalue weighted by molar-refractivity contribution is 9.10. The number of halogens is 1. The molecule has 0 bridgehead atoms. The Morgan fingerprint density at radius 2 is 2.17 bits per heavy atom. The number of rotatable bonds is 4. The van der Waals surface area contributed by atoms with Crippen molar-refractivity contribution in [1.29, 1.82) is 0 Å². The van der Waals surface area contributed by atoms with E-state index in [0.29, 0.717) is 6.04 Å². The van der Waals surface area contributed by atoms with Crippen LogP contribution in [0.3, 0.4) is 0 Å². The molecule has 1 aromatic heterocycles. The third-order valence-electron chi connectivity index (χ3n) is 3.15. The molecule has 0 amide bonds. The Balaban J connectivity index is 2.23. The minimum Gasteiger partial charge on any atom is -0.392 e. The van der Waals surface area contributed by atoms with Crippen LogP contribution in [0.4, 0.5) is 5.69 Å². The maximum atomic E-state index is 9.17. The summed E-state index contributed by atoms with van der Waals surface area (Å²) in [7, 11) is 2.09. The SMILES string of the molecule is CC(c1cccs1)N(C)c1ccc(CO)c(Br)c1. The predicted molar refractivity (Wildman–Crippen MR) is 81.2 cm³/mol. The van der Waals surface area contributed by atoms with E-state index in [2.05, 4.69) is 58.4 Å². The van der Waals surface area contributed by atoms with Gasteiger partial charge in [0.1, 0.15) is 0 Å². The van der Waals surface area contributed by atoms with Gasteiger partial charge in [0.05, 0.1) is 12.6 Å². The topological polar surface area (TPSA) is 23.5 Å². The number of hydrogen-bond donors (Lipinski definition) is 1. The van der Waals surface area contributed by atoms with E-state index < -0.39 is 0 Å². The average Bonchev–Trinajstić information content (AvgIpc) is 2.90. The molecule has 1 aromatic carbocycles. The van der Waals surface area contributed by atoms with Crippen molar-refractivity contribution < 1.29 is 5.11 Å². The van der Waals surface area contributed by atoms with Gasteiger partial charge in [0, 0.05) is 22.1 Å². The number of aliphatic hydroxyl groups is 1. The molecular weight excluding hydrogens is 310 g/mol. The van der Waals surface area contributed by atoms with Crippen LogP contribution >= 0.6 is 27.3 Å². The van der Waals surface area contributed by atoms with E-state index >= 15 is 0 Å². The molecule has 1 unspecified atom stereocenters. The Morgan fingerprint density at radius 3 is 2.72 bits per heavy atom. The number of benzene rings is 1. The van der Waals surface area contributed by atoms with Crippen molar-refractivity contribution in [2.75, 3.05) is 11.9 Å². The fourth-order valence-electron chi connectivity index (χ4n) is 1.83. The van der Waals surface area contributed by atoms with E-state index in [1.54, 1.807) is 11.3 Å². The van der Waals surface area contributed by atoms with Gasteiger partial charge in [-0.2, -0.15) is 0 Å². The van der Waals surface area contributed by atoms with Crippen LogP contribution in [-0.2, 0) is 6.61 Å². The fraction of sp³-hybridized carbons (Fsp3) is 0.286. The highest BCUT2D eigenvalue weighted by Gasteiger charge is 2.14. The van der Waals surface area contributed by atoms with Crippen LogP contribution in [0.25, 0.3) is 0 Å². The van der Waals surface area contributed by atoms with Crippen molar-refractivity contribution >= 4 is 33.0 Å². The molecule has 0 saturated heterocycles. The summed E-state index contributed by atoms with van der Waals surface area (Å²) < 4.78 is 0.952. The van der Waals surface area contributed by atoms with E-state index in [9.17, 15) is 0 Å². The molecule has 0 fully saturated rings. The summed E-state index contributed by atoms with van der Waals surface area (Å²) in [6.07, 6.45) is 0. The third kappa shape index (κ3) is 2.76. The zero-order valence-corrected chi connectivity index (χ0v) is 12.8. The Labute approximate surface area is 120 Å². The van der Waals surface area contributed by atoms with Crippen molar-refractivity contribution in [2.24, 2.45) is 0 Å². The monoisotopic (exact) mass is 325 g/mol. The van der Waals surface area contributed by atoms with Gasteiger partial charge in [-0.25, -0.2) is 0 Å². The summed E-state index contributed by atoms with van der Waals surface area (Å²) in [5, 5.41) is 11.3. The standard InChI is InChI=1S/C14H16BrNOS/c1-10(14-4-3-7-18-14)16(2)12-6-5-11(9-17)13(15)8-12/h3-8,10,17H,9H2,1-2H3. The van der Waals surface area contributed by atoms with Gasteiger partial charge in [-0.1, -0.05) is 28.1 Å². The summed E-state index contributed by atoms with van der Waals surface area (Å²) >= 11 is 5.26. The number of thiophene rings is 1. The van der Waals surface area contributed by atoms with Crippen LogP contribution in [0, 0.1) is 0 Å². The zero-order valence-electron chi connectivity index (χ0n) is 10.4. The highest BCUT2D eigenvalue weighted by Crippen LogP contribution is 2.30. The van der Waals surface area contributed by atoms with E-state index in [1.165, 1.54) is 4.88 Å². The Kier molecular flexibility index (Phi) is 4.43. The van der Waals surface area contributed by atoms with Crippen molar-refractivity contribution in [2.45, 2.75) is 19.6 Å². The zero-order chi connectivity index (χ0) is 13.1. The Bertz CT molecular complexity index is 513. The molecule has 0 radical (unpaired) electrons. The van der Waals surface area contributed by atoms with Crippen molar-refractivity contribution in [3.05, 3.63) is 50.6 Å². The molecule has 0 aliphatic rings. The second kappa shape index (κ2) is 5.87. The summed E-state index contributed by atoms with van der Waals surface area (Å²) in [5.74, 6) is 0. The minimum absolute atomic E-state index is 0.0606. The highest BCUT2D eigenvalue weighted by atomic mass is 79.9. The maximum Gasteiger partial charge on any atom is 0.0692 e. The van der Waals surface area contributed by atoms with Crippen LogP contribution in [0.1, 0.15) is 23.4 Å². The molecule has 1 atom stereocenters. The lowest BCUT2D eigenvalue weighted by Crippen LogP contribution is -2.20. The van der Waals surface area contributed by atoms with E-state index in [1.807, 2.05) is 12.1 Å². The molecule has 2 rings (SSSR count). The number of aliphatic hydroxyl groups excluding tert-OH is 1. The van der Waals surface area contributed by atoms with E-state index in [0.717, 1.165) is 15.7 Å². The minimum atomic E-state index is 0.0606. The maximum absolute atomic E-state index is 9.17. The smallest absolute Gasteiger partial charge is 0.0692 e. The van der Waals surface area contributed by atoms with Crippen molar-refractivity contribution in [1.82, 2.24) is 0 Å². The summed E-state index contributed by atoms with van der Waals surface area (Å²) in [6.45, 7) is 2.25. The first-order valence-corrected chi connectivity index (χ1v) is 7.46. The molecule has 96 valence electrons. The van der Waals surface area contributed by atoms with Gasteiger partial charge in [0.2, 0.25) is 0 Å². The lowest BCUT2D eigenvalue weighted by molar-refractivity contribution is 0.281. The molecule has 1 N–H and O–H groups in total. The fourth-order valence-corrected chi connectivity index (χ4v) is 3.15. The molecule has 0 aliphatic carbocycles. The normalized spacial score (nSPS) is 12.4. The van der Waals surface area contributed by atoms with E-state index in [4.69, 9.17) is 5.11 Å². The first-order chi connectivity index (χ1) is 8.63. The lowest BCUT2D eigenvalue weighted by atomic mass is 10.1. The van der Waals surface area contributed by atoms with Crippen LogP contribution in [-0.4, -0.2) is 12.2 Å². The molecule has 0 saturated carbocycles. The largest absolute Gasteiger partial charge is 0.392 e. The molecule has 1 heterocycles. The predicted octanol–water partition coefficient (Wildman–Crippen LogP) is 4.20. The van der Waals surface area contributed by atoms with E-state index in [-0.39, 0.29) is 6.61 Å². The summed E-state index contributed by atoms with van der Waals surface area (Å²) in [5.41, 5.74) is 2.05. The van der Waals surface area contributed by atoms with Gasteiger partial charge in [-0.15, -0.1) is 11.3 Å². The second-order valence-corrected chi connectivity index (χ2v) is 6.07. The first-order valence-electron chi connectivity index (χ1n) is 5.79.